The molecule has 1 unspecified atom stereocenters. The third-order valence-electron chi connectivity index (χ3n) is 3.31. The van der Waals surface area contributed by atoms with Crippen LogP contribution in [0.4, 0.5) is 0 Å². The topological polar surface area (TPSA) is 38.3 Å². The summed E-state index contributed by atoms with van der Waals surface area (Å²) in [6, 6.07) is 17.6. The predicted molar refractivity (Wildman–Crippen MR) is 73.3 cm³/mol. The van der Waals surface area contributed by atoms with Gasteiger partial charge in [-0.25, -0.2) is 0 Å². The fourth-order valence-corrected chi connectivity index (χ4v) is 2.35. The predicted octanol–water partition coefficient (Wildman–Crippen LogP) is 3.08. The molecule has 3 heteroatoms. The molecule has 0 spiro atoms. The van der Waals surface area contributed by atoms with Crippen LogP contribution in [-0.2, 0) is 4.79 Å². The summed E-state index contributed by atoms with van der Waals surface area (Å²) in [6.45, 7) is 0.688. The second kappa shape index (κ2) is 5.14. The van der Waals surface area contributed by atoms with E-state index in [0.29, 0.717) is 13.0 Å². The van der Waals surface area contributed by atoms with E-state index >= 15 is 0 Å². The highest BCUT2D eigenvalue weighted by molar-refractivity contribution is 5.79. The van der Waals surface area contributed by atoms with Crippen molar-refractivity contribution in [3.63, 3.8) is 0 Å². The van der Waals surface area contributed by atoms with Crippen LogP contribution in [0.2, 0.25) is 0 Å². The van der Waals surface area contributed by atoms with Crippen molar-refractivity contribution >= 4 is 5.91 Å². The molecule has 96 valence electrons. The van der Waals surface area contributed by atoms with Crippen LogP contribution in [0.15, 0.2) is 54.6 Å². The first-order valence-electron chi connectivity index (χ1n) is 6.41. The lowest BCUT2D eigenvalue weighted by Crippen LogP contribution is -2.13. The SMILES string of the molecule is O=C1CC(c2ccccc2Oc2ccccc2)CN1. The van der Waals surface area contributed by atoms with Gasteiger partial charge in [0, 0.05) is 24.4 Å². The quantitative estimate of drug-likeness (QED) is 0.912. The first-order chi connectivity index (χ1) is 9.33. The van der Waals surface area contributed by atoms with Crippen molar-refractivity contribution in [3.05, 3.63) is 60.2 Å². The molecule has 2 aromatic rings. The smallest absolute Gasteiger partial charge is 0.220 e. The van der Waals surface area contributed by atoms with Gasteiger partial charge in [-0.3, -0.25) is 4.79 Å². The largest absolute Gasteiger partial charge is 0.457 e. The summed E-state index contributed by atoms with van der Waals surface area (Å²) in [7, 11) is 0. The highest BCUT2D eigenvalue weighted by atomic mass is 16.5. The van der Waals surface area contributed by atoms with Crippen molar-refractivity contribution in [1.82, 2.24) is 5.32 Å². The number of hydrogen-bond acceptors (Lipinski definition) is 2. The molecule has 3 nitrogen and oxygen atoms in total. The molecule has 1 aliphatic heterocycles. The second-order valence-electron chi connectivity index (χ2n) is 4.66. The summed E-state index contributed by atoms with van der Waals surface area (Å²) < 4.78 is 5.92. The van der Waals surface area contributed by atoms with Gasteiger partial charge in [0.05, 0.1) is 0 Å². The Bertz CT molecular complexity index is 580. The molecule has 2 aromatic carbocycles. The molecule has 0 bridgehead atoms. The van der Waals surface area contributed by atoms with Gasteiger partial charge in [-0.15, -0.1) is 0 Å². The fourth-order valence-electron chi connectivity index (χ4n) is 2.35. The number of carbonyl (C=O) groups excluding carboxylic acids is 1. The molecule has 0 saturated carbocycles. The zero-order chi connectivity index (χ0) is 13.1. The third kappa shape index (κ3) is 2.60. The Morgan fingerprint density at radius 3 is 2.47 bits per heavy atom. The van der Waals surface area contributed by atoms with Crippen molar-refractivity contribution < 1.29 is 9.53 Å². The highest BCUT2D eigenvalue weighted by Crippen LogP contribution is 2.33. The number of benzene rings is 2. The van der Waals surface area contributed by atoms with Gasteiger partial charge in [0.25, 0.3) is 0 Å². The maximum Gasteiger partial charge on any atom is 0.220 e. The zero-order valence-electron chi connectivity index (χ0n) is 10.5. The zero-order valence-corrected chi connectivity index (χ0v) is 10.5. The average Bonchev–Trinajstić information content (AvgIpc) is 2.87. The van der Waals surface area contributed by atoms with Crippen LogP contribution in [0.5, 0.6) is 11.5 Å². The summed E-state index contributed by atoms with van der Waals surface area (Å²) in [5, 5.41) is 2.86. The molecule has 3 rings (SSSR count). The van der Waals surface area contributed by atoms with Crippen LogP contribution < -0.4 is 10.1 Å². The number of ether oxygens (including phenoxy) is 1. The van der Waals surface area contributed by atoms with Gasteiger partial charge >= 0.3 is 0 Å². The third-order valence-corrected chi connectivity index (χ3v) is 3.31. The van der Waals surface area contributed by atoms with Gasteiger partial charge in [-0.2, -0.15) is 0 Å². The van der Waals surface area contributed by atoms with Gasteiger partial charge in [-0.05, 0) is 18.2 Å². The Hall–Kier alpha value is -2.29. The Kier molecular flexibility index (Phi) is 3.19. The van der Waals surface area contributed by atoms with Crippen LogP contribution in [0.25, 0.3) is 0 Å². The van der Waals surface area contributed by atoms with E-state index in [1.54, 1.807) is 0 Å². The molecule has 1 aliphatic rings. The van der Waals surface area contributed by atoms with Gasteiger partial charge in [0.2, 0.25) is 5.91 Å². The molecule has 1 amide bonds. The summed E-state index contributed by atoms with van der Waals surface area (Å²) >= 11 is 0. The lowest BCUT2D eigenvalue weighted by molar-refractivity contribution is -0.119. The minimum absolute atomic E-state index is 0.111. The fraction of sp³-hybridized carbons (Fsp3) is 0.188. The number of rotatable bonds is 3. The second-order valence-corrected chi connectivity index (χ2v) is 4.66. The van der Waals surface area contributed by atoms with Crippen molar-refractivity contribution in [2.24, 2.45) is 0 Å². The van der Waals surface area contributed by atoms with E-state index in [1.807, 2.05) is 54.6 Å². The normalized spacial score (nSPS) is 18.1. The summed E-state index contributed by atoms with van der Waals surface area (Å²) in [5.41, 5.74) is 1.09. The molecule has 1 saturated heterocycles. The van der Waals surface area contributed by atoms with E-state index in [1.165, 1.54) is 0 Å². The summed E-state index contributed by atoms with van der Waals surface area (Å²) in [4.78, 5) is 11.3. The Balaban J connectivity index is 1.87. The number of nitrogens with one attached hydrogen (secondary N) is 1. The first kappa shape index (κ1) is 11.8. The van der Waals surface area contributed by atoms with E-state index < -0.39 is 0 Å². The molecule has 1 atom stereocenters. The average molecular weight is 253 g/mol. The van der Waals surface area contributed by atoms with Crippen molar-refractivity contribution in [2.45, 2.75) is 12.3 Å². The summed E-state index contributed by atoms with van der Waals surface area (Å²) in [5.74, 6) is 1.95. The van der Waals surface area contributed by atoms with Crippen molar-refractivity contribution in [3.8, 4) is 11.5 Å². The van der Waals surface area contributed by atoms with E-state index in [2.05, 4.69) is 5.32 Å². The monoisotopic (exact) mass is 253 g/mol. The van der Waals surface area contributed by atoms with Crippen LogP contribution in [-0.4, -0.2) is 12.5 Å². The van der Waals surface area contributed by atoms with E-state index in [0.717, 1.165) is 17.1 Å². The molecule has 1 N–H and O–H groups in total. The molecule has 1 fully saturated rings. The minimum Gasteiger partial charge on any atom is -0.457 e. The molecular formula is C16H15NO2. The van der Waals surface area contributed by atoms with Crippen molar-refractivity contribution in [1.29, 1.82) is 0 Å². The highest BCUT2D eigenvalue weighted by Gasteiger charge is 2.25. The minimum atomic E-state index is 0.111. The molecule has 19 heavy (non-hydrogen) atoms. The van der Waals surface area contributed by atoms with Crippen LogP contribution in [0.1, 0.15) is 17.9 Å². The lowest BCUT2D eigenvalue weighted by Gasteiger charge is -2.14. The maximum atomic E-state index is 11.3. The molecule has 0 radical (unpaired) electrons. The molecular weight excluding hydrogens is 238 g/mol. The molecule has 0 aromatic heterocycles. The number of carbonyl (C=O) groups is 1. The molecule has 0 aliphatic carbocycles. The van der Waals surface area contributed by atoms with Gasteiger partial charge < -0.3 is 10.1 Å². The Morgan fingerprint density at radius 2 is 1.74 bits per heavy atom. The maximum absolute atomic E-state index is 11.3. The van der Waals surface area contributed by atoms with E-state index in [-0.39, 0.29) is 11.8 Å². The van der Waals surface area contributed by atoms with Gasteiger partial charge in [-0.1, -0.05) is 36.4 Å². The number of amides is 1. The van der Waals surface area contributed by atoms with Crippen molar-refractivity contribution in [2.75, 3.05) is 6.54 Å². The lowest BCUT2D eigenvalue weighted by atomic mass is 9.97. The molecule has 1 heterocycles. The van der Waals surface area contributed by atoms with Gasteiger partial charge in [0.1, 0.15) is 11.5 Å². The summed E-state index contributed by atoms with van der Waals surface area (Å²) in [6.07, 6.45) is 0.537. The van der Waals surface area contributed by atoms with Crippen LogP contribution >= 0.6 is 0 Å². The van der Waals surface area contributed by atoms with Crippen LogP contribution in [0, 0.1) is 0 Å². The Morgan fingerprint density at radius 1 is 1.00 bits per heavy atom. The van der Waals surface area contributed by atoms with Gasteiger partial charge in [0.15, 0.2) is 0 Å². The standard InChI is InChI=1S/C16H15NO2/c18-16-10-12(11-17-16)14-8-4-5-9-15(14)19-13-6-2-1-3-7-13/h1-9,12H,10-11H2,(H,17,18). The van der Waals surface area contributed by atoms with Crippen LogP contribution in [0.3, 0.4) is 0 Å². The van der Waals surface area contributed by atoms with E-state index in [9.17, 15) is 4.79 Å². The number of hydrogen-bond donors (Lipinski definition) is 1. The number of para-hydroxylation sites is 2. The Labute approximate surface area is 112 Å². The first-order valence-corrected chi connectivity index (χ1v) is 6.41. The van der Waals surface area contributed by atoms with E-state index in [4.69, 9.17) is 4.74 Å².